The van der Waals surface area contributed by atoms with Crippen molar-refractivity contribution in [1.82, 2.24) is 9.03 Å². The molecule has 0 aliphatic carbocycles. The Kier molecular flexibility index (Phi) is 5.62. The summed E-state index contributed by atoms with van der Waals surface area (Å²) in [6, 6.07) is -0.386. The molecule has 0 aliphatic rings. The number of hydrogen-bond donors (Lipinski definition) is 2. The predicted octanol–water partition coefficient (Wildman–Crippen LogP) is -0.416. The molecular weight excluding hydrogens is 254 g/mol. The number of methoxy groups -OCH3 is 1. The number of carbonyl (C=O) groups is 1. The fraction of sp³-hybridized carbons (Fsp3) is 0.714. The Morgan fingerprint density at radius 2 is 2.06 bits per heavy atom. The second kappa shape index (κ2) is 5.97. The molecule has 94 valence electrons. The molecule has 0 rings (SSSR count). The van der Waals surface area contributed by atoms with Crippen molar-refractivity contribution in [3.63, 3.8) is 0 Å². The van der Waals surface area contributed by atoms with Gasteiger partial charge >= 0.3 is 16.3 Å². The Bertz CT molecular complexity index is 366. The molecule has 0 aromatic rings. The van der Waals surface area contributed by atoms with Gasteiger partial charge in [-0.1, -0.05) is 12.2 Å². The van der Waals surface area contributed by atoms with E-state index in [2.05, 4.69) is 17.0 Å². The van der Waals surface area contributed by atoms with Crippen LogP contribution in [0.2, 0.25) is 0 Å². The molecule has 1 amide bonds. The van der Waals surface area contributed by atoms with Crippen molar-refractivity contribution in [1.29, 1.82) is 0 Å². The van der Waals surface area contributed by atoms with Crippen LogP contribution in [0.15, 0.2) is 0 Å². The number of carbonyl (C=O) groups excluding carboxylic acids is 1. The Morgan fingerprint density at radius 3 is 2.38 bits per heavy atom. The van der Waals surface area contributed by atoms with Crippen LogP contribution in [0, 0.1) is 0 Å². The van der Waals surface area contributed by atoms with Crippen LogP contribution in [0.3, 0.4) is 0 Å². The van der Waals surface area contributed by atoms with Crippen LogP contribution in [0.5, 0.6) is 0 Å². The van der Waals surface area contributed by atoms with Gasteiger partial charge in [0.1, 0.15) is 0 Å². The van der Waals surface area contributed by atoms with E-state index in [1.807, 2.05) is 0 Å². The van der Waals surface area contributed by atoms with Crippen molar-refractivity contribution >= 4 is 33.5 Å². The summed E-state index contributed by atoms with van der Waals surface area (Å²) in [4.78, 5) is 10.9. The van der Waals surface area contributed by atoms with Crippen LogP contribution >= 0.6 is 12.2 Å². The molecule has 0 unspecified atom stereocenters. The van der Waals surface area contributed by atoms with E-state index in [0.717, 1.165) is 11.4 Å². The molecule has 0 bridgehead atoms. The van der Waals surface area contributed by atoms with E-state index >= 15 is 0 Å². The highest BCUT2D eigenvalue weighted by molar-refractivity contribution is 7.87. The lowest BCUT2D eigenvalue weighted by molar-refractivity contribution is 0.177. The van der Waals surface area contributed by atoms with Crippen molar-refractivity contribution in [2.24, 2.45) is 5.73 Å². The summed E-state index contributed by atoms with van der Waals surface area (Å²) >= 11 is 4.63. The second-order valence-corrected chi connectivity index (χ2v) is 5.35. The lowest BCUT2D eigenvalue weighted by atomic mass is 10.4. The number of thiocarbonyl (C=S) groups is 1. The molecule has 0 saturated heterocycles. The van der Waals surface area contributed by atoms with Crippen LogP contribution in [-0.2, 0) is 14.9 Å². The first kappa shape index (κ1) is 15.1. The minimum atomic E-state index is -3.99. The van der Waals surface area contributed by atoms with E-state index < -0.39 is 16.3 Å². The Balaban J connectivity index is 4.90. The fourth-order valence-electron chi connectivity index (χ4n) is 0.904. The Labute approximate surface area is 100 Å². The SMILES string of the molecule is COC(=O)NS(=O)(=O)N(CC(N)=S)C(C)C. The van der Waals surface area contributed by atoms with Gasteiger partial charge in [0.05, 0.1) is 18.6 Å². The quantitative estimate of drug-likeness (QED) is 0.657. The van der Waals surface area contributed by atoms with Gasteiger partial charge in [-0.25, -0.2) is 9.52 Å². The minimum absolute atomic E-state index is 0.0175. The number of rotatable bonds is 5. The van der Waals surface area contributed by atoms with Gasteiger partial charge in [0.15, 0.2) is 0 Å². The molecule has 0 atom stereocenters. The average Bonchev–Trinajstić information content (AvgIpc) is 2.12. The van der Waals surface area contributed by atoms with Gasteiger partial charge in [-0.15, -0.1) is 0 Å². The van der Waals surface area contributed by atoms with Gasteiger partial charge in [0.25, 0.3) is 0 Å². The highest BCUT2D eigenvalue weighted by atomic mass is 32.2. The van der Waals surface area contributed by atoms with Crippen molar-refractivity contribution in [3.05, 3.63) is 0 Å². The zero-order valence-corrected chi connectivity index (χ0v) is 10.9. The van der Waals surface area contributed by atoms with Crippen LogP contribution < -0.4 is 10.5 Å². The maximum atomic E-state index is 11.7. The third kappa shape index (κ3) is 4.73. The molecular formula is C7H15N3O4S2. The van der Waals surface area contributed by atoms with Gasteiger partial charge in [0.2, 0.25) is 0 Å². The molecule has 16 heavy (non-hydrogen) atoms. The Morgan fingerprint density at radius 1 is 1.56 bits per heavy atom. The third-order valence-electron chi connectivity index (χ3n) is 1.59. The maximum absolute atomic E-state index is 11.7. The van der Waals surface area contributed by atoms with Crippen LogP contribution in [0.1, 0.15) is 13.8 Å². The number of nitrogens with two attached hydrogens (primary N) is 1. The first-order valence-electron chi connectivity index (χ1n) is 4.36. The summed E-state index contributed by atoms with van der Waals surface area (Å²) in [5.74, 6) is 0. The normalized spacial score (nSPS) is 11.6. The van der Waals surface area contributed by atoms with E-state index in [1.54, 1.807) is 18.6 Å². The zero-order chi connectivity index (χ0) is 12.9. The predicted molar refractivity (Wildman–Crippen MR) is 63.1 cm³/mol. The lowest BCUT2D eigenvalue weighted by Crippen LogP contribution is -2.49. The largest absolute Gasteiger partial charge is 0.452 e. The lowest BCUT2D eigenvalue weighted by Gasteiger charge is -2.24. The van der Waals surface area contributed by atoms with E-state index in [-0.39, 0.29) is 17.6 Å². The number of amides is 1. The summed E-state index contributed by atoms with van der Waals surface area (Å²) < 4.78 is 30.2. The number of nitrogens with zero attached hydrogens (tertiary/aromatic N) is 1. The number of ether oxygens (including phenoxy) is 1. The van der Waals surface area contributed by atoms with Crippen LogP contribution in [0.25, 0.3) is 0 Å². The number of hydrogen-bond acceptors (Lipinski definition) is 5. The molecule has 0 saturated carbocycles. The molecule has 0 heterocycles. The van der Waals surface area contributed by atoms with Crippen molar-refractivity contribution in [3.8, 4) is 0 Å². The summed E-state index contributed by atoms with van der Waals surface area (Å²) in [7, 11) is -2.92. The van der Waals surface area contributed by atoms with Gasteiger partial charge in [-0.05, 0) is 13.8 Å². The highest BCUT2D eigenvalue weighted by Gasteiger charge is 2.27. The Hall–Kier alpha value is -0.930. The summed E-state index contributed by atoms with van der Waals surface area (Å²) in [6.07, 6.45) is -1.06. The van der Waals surface area contributed by atoms with Crippen LogP contribution in [-0.4, -0.2) is 43.5 Å². The van der Waals surface area contributed by atoms with Gasteiger partial charge in [-0.3, -0.25) is 0 Å². The highest BCUT2D eigenvalue weighted by Crippen LogP contribution is 2.04. The molecule has 0 aromatic carbocycles. The fourth-order valence-corrected chi connectivity index (χ4v) is 2.40. The van der Waals surface area contributed by atoms with Crippen molar-refractivity contribution < 1.29 is 17.9 Å². The number of nitrogens with one attached hydrogen (secondary N) is 1. The summed E-state index contributed by atoms with van der Waals surface area (Å²) in [6.45, 7) is 3.13. The van der Waals surface area contributed by atoms with Gasteiger partial charge in [-0.2, -0.15) is 12.7 Å². The summed E-state index contributed by atoms with van der Waals surface area (Å²) in [5, 5.41) is 0. The monoisotopic (exact) mass is 269 g/mol. The van der Waals surface area contributed by atoms with E-state index in [4.69, 9.17) is 5.73 Å². The van der Waals surface area contributed by atoms with Crippen molar-refractivity contribution in [2.75, 3.05) is 13.7 Å². The molecule has 0 fully saturated rings. The molecule has 9 heteroatoms. The van der Waals surface area contributed by atoms with E-state index in [1.165, 1.54) is 0 Å². The molecule has 7 nitrogen and oxygen atoms in total. The molecule has 0 spiro atoms. The molecule has 3 N–H and O–H groups in total. The molecule has 0 aliphatic heterocycles. The topological polar surface area (TPSA) is 102 Å². The minimum Gasteiger partial charge on any atom is -0.452 e. The van der Waals surface area contributed by atoms with Gasteiger partial charge < -0.3 is 10.5 Å². The average molecular weight is 269 g/mol. The van der Waals surface area contributed by atoms with Gasteiger partial charge in [0, 0.05) is 6.04 Å². The zero-order valence-electron chi connectivity index (χ0n) is 9.26. The van der Waals surface area contributed by atoms with E-state index in [0.29, 0.717) is 0 Å². The maximum Gasteiger partial charge on any atom is 0.421 e. The first-order chi connectivity index (χ1) is 7.20. The van der Waals surface area contributed by atoms with Crippen molar-refractivity contribution in [2.45, 2.75) is 19.9 Å². The second-order valence-electron chi connectivity index (χ2n) is 3.20. The van der Waals surface area contributed by atoms with Crippen LogP contribution in [0.4, 0.5) is 4.79 Å². The standard InChI is InChI=1S/C7H15N3O4S2/c1-5(2)10(4-6(8)15)16(12,13)9-7(11)14-3/h5H,4H2,1-3H3,(H2,8,15)(H,9,11). The third-order valence-corrected chi connectivity index (χ3v) is 3.32. The smallest absolute Gasteiger partial charge is 0.421 e. The van der Waals surface area contributed by atoms with E-state index in [9.17, 15) is 13.2 Å². The molecule has 0 radical (unpaired) electrons. The molecule has 0 aromatic heterocycles. The summed E-state index contributed by atoms with van der Waals surface area (Å²) in [5.41, 5.74) is 5.27. The first-order valence-corrected chi connectivity index (χ1v) is 6.21.